The summed E-state index contributed by atoms with van der Waals surface area (Å²) in [4.78, 5) is 4.22. The number of hydrogen-bond donors (Lipinski definition) is 0. The van der Waals surface area contributed by atoms with Crippen molar-refractivity contribution in [3.8, 4) is 17.1 Å². The zero-order chi connectivity index (χ0) is 17.8. The third kappa shape index (κ3) is 3.53. The second-order valence-corrected chi connectivity index (χ2v) is 6.94. The molecule has 0 bridgehead atoms. The highest BCUT2D eigenvalue weighted by Crippen LogP contribution is 2.29. The van der Waals surface area contributed by atoms with Crippen LogP contribution in [0.15, 0.2) is 84.3 Å². The van der Waals surface area contributed by atoms with Gasteiger partial charge in [0.25, 0.3) is 0 Å². The van der Waals surface area contributed by atoms with Crippen LogP contribution in [-0.4, -0.2) is 19.7 Å². The molecular weight excluding hydrogens is 340 g/mol. The Hall–Kier alpha value is -2.92. The normalized spacial score (nSPS) is 10.8. The fraction of sp³-hybridized carbons (Fsp3) is 0.0952. The molecule has 5 heteroatoms. The lowest BCUT2D eigenvalue weighted by molar-refractivity contribution is 0.886. The second-order valence-electron chi connectivity index (χ2n) is 5.99. The summed E-state index contributed by atoms with van der Waals surface area (Å²) in [7, 11) is 0. The van der Waals surface area contributed by atoms with E-state index >= 15 is 0 Å². The van der Waals surface area contributed by atoms with Crippen LogP contribution in [-0.2, 0) is 5.75 Å². The van der Waals surface area contributed by atoms with Gasteiger partial charge < -0.3 is 0 Å². The first-order chi connectivity index (χ1) is 12.8. The molecule has 4 nitrogen and oxygen atoms in total. The Balaban J connectivity index is 1.70. The number of hydrogen-bond acceptors (Lipinski definition) is 4. The third-order valence-corrected chi connectivity index (χ3v) is 5.06. The van der Waals surface area contributed by atoms with Crippen LogP contribution < -0.4 is 0 Å². The van der Waals surface area contributed by atoms with E-state index in [0.717, 1.165) is 28.0 Å². The van der Waals surface area contributed by atoms with Crippen LogP contribution in [0.1, 0.15) is 11.1 Å². The van der Waals surface area contributed by atoms with Gasteiger partial charge in [-0.25, -0.2) is 0 Å². The van der Waals surface area contributed by atoms with Crippen LogP contribution in [0.5, 0.6) is 0 Å². The summed E-state index contributed by atoms with van der Waals surface area (Å²) in [6.45, 7) is 2.10. The smallest absolute Gasteiger partial charge is 0.196 e. The Kier molecular flexibility index (Phi) is 4.80. The van der Waals surface area contributed by atoms with Gasteiger partial charge in [-0.3, -0.25) is 9.55 Å². The molecule has 0 N–H and O–H groups in total. The van der Waals surface area contributed by atoms with E-state index in [9.17, 15) is 0 Å². The predicted molar refractivity (Wildman–Crippen MR) is 105 cm³/mol. The molecule has 26 heavy (non-hydrogen) atoms. The lowest BCUT2D eigenvalue weighted by Crippen LogP contribution is -1.99. The van der Waals surface area contributed by atoms with E-state index in [0.29, 0.717) is 0 Å². The first-order valence-electron chi connectivity index (χ1n) is 8.41. The molecule has 0 amide bonds. The fourth-order valence-electron chi connectivity index (χ4n) is 2.69. The number of benzene rings is 2. The Morgan fingerprint density at radius 3 is 2.42 bits per heavy atom. The van der Waals surface area contributed by atoms with Crippen LogP contribution in [0.25, 0.3) is 17.1 Å². The zero-order valence-electron chi connectivity index (χ0n) is 14.4. The molecule has 0 aliphatic carbocycles. The summed E-state index contributed by atoms with van der Waals surface area (Å²) in [5.74, 6) is 1.65. The van der Waals surface area contributed by atoms with E-state index in [1.165, 1.54) is 11.1 Å². The fourth-order valence-corrected chi connectivity index (χ4v) is 3.60. The highest BCUT2D eigenvalue weighted by Gasteiger charge is 2.16. The van der Waals surface area contributed by atoms with E-state index in [1.807, 2.05) is 36.5 Å². The third-order valence-electron chi connectivity index (χ3n) is 4.06. The summed E-state index contributed by atoms with van der Waals surface area (Å²) in [6, 6.07) is 22.7. The van der Waals surface area contributed by atoms with Crippen molar-refractivity contribution in [2.45, 2.75) is 17.8 Å². The zero-order valence-corrected chi connectivity index (χ0v) is 15.2. The summed E-state index contributed by atoms with van der Waals surface area (Å²) in [6.07, 6.45) is 3.58. The first kappa shape index (κ1) is 16.5. The van der Waals surface area contributed by atoms with Crippen molar-refractivity contribution in [2.24, 2.45) is 0 Å². The minimum absolute atomic E-state index is 0.802. The summed E-state index contributed by atoms with van der Waals surface area (Å²) in [5, 5.41) is 9.76. The Morgan fingerprint density at radius 1 is 0.885 bits per heavy atom. The van der Waals surface area contributed by atoms with Crippen LogP contribution in [0.3, 0.4) is 0 Å². The van der Waals surface area contributed by atoms with Crippen LogP contribution >= 0.6 is 11.8 Å². The molecule has 0 radical (unpaired) electrons. The topological polar surface area (TPSA) is 43.6 Å². The molecule has 128 valence electrons. The van der Waals surface area contributed by atoms with Crippen LogP contribution in [0.4, 0.5) is 0 Å². The van der Waals surface area contributed by atoms with Gasteiger partial charge in [0.05, 0.1) is 0 Å². The Bertz CT molecular complexity index is 980. The van der Waals surface area contributed by atoms with E-state index < -0.39 is 0 Å². The van der Waals surface area contributed by atoms with Crippen molar-refractivity contribution >= 4 is 11.8 Å². The largest absolute Gasteiger partial charge is 0.270 e. The maximum atomic E-state index is 4.45. The summed E-state index contributed by atoms with van der Waals surface area (Å²) < 4.78 is 2.09. The van der Waals surface area contributed by atoms with E-state index in [4.69, 9.17) is 0 Å². The summed E-state index contributed by atoms with van der Waals surface area (Å²) >= 11 is 1.69. The lowest BCUT2D eigenvalue weighted by Gasteiger charge is -2.10. The predicted octanol–water partition coefficient (Wildman–Crippen LogP) is 4.93. The number of aromatic nitrogens is 4. The molecule has 2 heterocycles. The first-order valence-corrected chi connectivity index (χ1v) is 9.39. The molecular formula is C21H18N4S. The van der Waals surface area contributed by atoms with Gasteiger partial charge in [-0.2, -0.15) is 0 Å². The number of para-hydroxylation sites is 1. The molecule has 2 aromatic heterocycles. The Morgan fingerprint density at radius 2 is 1.69 bits per heavy atom. The maximum absolute atomic E-state index is 4.45. The molecule has 0 saturated carbocycles. The van der Waals surface area contributed by atoms with Crippen molar-refractivity contribution in [3.63, 3.8) is 0 Å². The molecule has 0 aliphatic heterocycles. The van der Waals surface area contributed by atoms with E-state index in [1.54, 1.807) is 18.0 Å². The van der Waals surface area contributed by atoms with Gasteiger partial charge in [0.2, 0.25) is 0 Å². The van der Waals surface area contributed by atoms with Crippen LogP contribution in [0, 0.1) is 6.92 Å². The minimum atomic E-state index is 0.802. The lowest BCUT2D eigenvalue weighted by atomic mass is 10.2. The molecule has 0 saturated heterocycles. The van der Waals surface area contributed by atoms with Gasteiger partial charge in [-0.05, 0) is 36.8 Å². The average Bonchev–Trinajstić information content (AvgIpc) is 3.13. The molecule has 0 spiro atoms. The van der Waals surface area contributed by atoms with Gasteiger partial charge in [-0.1, -0.05) is 59.8 Å². The minimum Gasteiger partial charge on any atom is -0.270 e. The van der Waals surface area contributed by atoms with E-state index in [-0.39, 0.29) is 0 Å². The average molecular weight is 358 g/mol. The molecule has 0 fully saturated rings. The van der Waals surface area contributed by atoms with E-state index in [2.05, 4.69) is 63.1 Å². The number of rotatable bonds is 5. The molecule has 0 unspecified atom stereocenters. The van der Waals surface area contributed by atoms with Crippen molar-refractivity contribution in [1.82, 2.24) is 19.7 Å². The number of pyridine rings is 1. The van der Waals surface area contributed by atoms with Gasteiger partial charge in [0.1, 0.15) is 0 Å². The van der Waals surface area contributed by atoms with Crippen molar-refractivity contribution in [1.29, 1.82) is 0 Å². The standard InChI is InChI=1S/C21H18N4S/c1-16-9-11-17(12-10-16)15-26-21-24-23-20(18-6-5-13-22-14-18)25(21)19-7-3-2-4-8-19/h2-14H,15H2,1H3. The van der Waals surface area contributed by atoms with Crippen molar-refractivity contribution < 1.29 is 0 Å². The highest BCUT2D eigenvalue weighted by molar-refractivity contribution is 7.98. The highest BCUT2D eigenvalue weighted by atomic mass is 32.2. The number of nitrogens with zero attached hydrogens (tertiary/aromatic N) is 4. The summed E-state index contributed by atoms with van der Waals surface area (Å²) in [5.41, 5.74) is 4.53. The molecule has 0 atom stereocenters. The Labute approximate surface area is 157 Å². The number of thioether (sulfide) groups is 1. The van der Waals surface area contributed by atoms with Crippen LogP contribution in [0.2, 0.25) is 0 Å². The van der Waals surface area contributed by atoms with Crippen molar-refractivity contribution in [3.05, 3.63) is 90.3 Å². The van der Waals surface area contributed by atoms with Gasteiger partial charge in [0, 0.05) is 29.4 Å². The van der Waals surface area contributed by atoms with Gasteiger partial charge in [0.15, 0.2) is 11.0 Å². The molecule has 2 aromatic carbocycles. The van der Waals surface area contributed by atoms with Gasteiger partial charge >= 0.3 is 0 Å². The maximum Gasteiger partial charge on any atom is 0.196 e. The molecule has 0 aliphatic rings. The quantitative estimate of drug-likeness (QED) is 0.475. The van der Waals surface area contributed by atoms with Gasteiger partial charge in [-0.15, -0.1) is 10.2 Å². The second kappa shape index (κ2) is 7.54. The SMILES string of the molecule is Cc1ccc(CSc2nnc(-c3cccnc3)n2-c2ccccc2)cc1. The monoisotopic (exact) mass is 358 g/mol. The van der Waals surface area contributed by atoms with Crippen molar-refractivity contribution in [2.75, 3.05) is 0 Å². The number of aryl methyl sites for hydroxylation is 1. The molecule has 4 rings (SSSR count). The molecule has 4 aromatic rings.